The van der Waals surface area contributed by atoms with Gasteiger partial charge in [-0.3, -0.25) is 9.10 Å². The van der Waals surface area contributed by atoms with Crippen molar-refractivity contribution in [3.8, 4) is 17.2 Å². The van der Waals surface area contributed by atoms with E-state index in [4.69, 9.17) is 14.2 Å². The predicted octanol–water partition coefficient (Wildman–Crippen LogP) is 4.10. The molecule has 1 aliphatic rings. The molecule has 37 heavy (non-hydrogen) atoms. The highest BCUT2D eigenvalue weighted by atomic mass is 79.9. The lowest BCUT2D eigenvalue weighted by Gasteiger charge is -2.25. The molecule has 0 atom stereocenters. The van der Waals surface area contributed by atoms with Gasteiger partial charge in [0.05, 0.1) is 27.9 Å². The number of hydrazone groups is 1. The average Bonchev–Trinajstić information content (AvgIpc) is 2.90. The Labute approximate surface area is 222 Å². The van der Waals surface area contributed by atoms with Crippen molar-refractivity contribution < 1.29 is 31.8 Å². The molecule has 0 saturated carbocycles. The minimum Gasteiger partial charge on any atom is -0.496 e. The van der Waals surface area contributed by atoms with Crippen molar-refractivity contribution in [2.75, 3.05) is 31.2 Å². The summed E-state index contributed by atoms with van der Waals surface area (Å²) in [5.74, 6) is 0.0981. The van der Waals surface area contributed by atoms with Crippen LogP contribution in [0.5, 0.6) is 17.2 Å². The third kappa shape index (κ3) is 6.03. The number of anilines is 1. The number of ether oxygens (including phenoxy) is 3. The zero-order valence-electron chi connectivity index (χ0n) is 19.9. The second-order valence-electron chi connectivity index (χ2n) is 7.88. The number of nitrogens with one attached hydrogen (secondary N) is 1. The Bertz CT molecular complexity index is 1450. The number of benzene rings is 3. The Balaban J connectivity index is 1.59. The summed E-state index contributed by atoms with van der Waals surface area (Å²) in [5, 5.41) is 4.10. The summed E-state index contributed by atoms with van der Waals surface area (Å²) in [5.41, 5.74) is 3.70. The van der Waals surface area contributed by atoms with Crippen LogP contribution in [0.25, 0.3) is 0 Å². The van der Waals surface area contributed by atoms with Crippen LogP contribution in [0.15, 0.2) is 75.1 Å². The van der Waals surface area contributed by atoms with E-state index in [9.17, 15) is 17.6 Å². The van der Waals surface area contributed by atoms with E-state index in [1.54, 1.807) is 32.2 Å². The second kappa shape index (κ2) is 11.2. The maximum absolute atomic E-state index is 13.6. The summed E-state index contributed by atoms with van der Waals surface area (Å²) in [4.78, 5) is 12.7. The molecule has 0 fully saturated rings. The number of fused-ring (bicyclic) bond motifs is 1. The molecule has 0 radical (unpaired) electrons. The molecule has 0 aromatic heterocycles. The third-order valence-corrected chi connectivity index (χ3v) is 7.81. The molecule has 194 valence electrons. The fourth-order valence-electron chi connectivity index (χ4n) is 3.50. The number of methoxy groups -OCH3 is 1. The van der Waals surface area contributed by atoms with Crippen LogP contribution in [-0.2, 0) is 14.8 Å². The Morgan fingerprint density at radius 3 is 2.46 bits per heavy atom. The quantitative estimate of drug-likeness (QED) is 0.312. The van der Waals surface area contributed by atoms with Crippen molar-refractivity contribution >= 4 is 43.3 Å². The molecule has 9 nitrogen and oxygen atoms in total. The number of rotatable bonds is 8. The Morgan fingerprint density at radius 2 is 1.78 bits per heavy atom. The van der Waals surface area contributed by atoms with Gasteiger partial charge in [0.1, 0.15) is 31.3 Å². The predicted molar refractivity (Wildman–Crippen MR) is 139 cm³/mol. The van der Waals surface area contributed by atoms with Crippen LogP contribution in [0.4, 0.5) is 10.1 Å². The number of hydrogen-bond acceptors (Lipinski definition) is 7. The van der Waals surface area contributed by atoms with Crippen LogP contribution in [-0.4, -0.2) is 46.9 Å². The summed E-state index contributed by atoms with van der Waals surface area (Å²) in [6.07, 6.45) is 0. The highest BCUT2D eigenvalue weighted by molar-refractivity contribution is 9.10. The molecule has 0 bridgehead atoms. The van der Waals surface area contributed by atoms with Gasteiger partial charge in [-0.2, -0.15) is 5.10 Å². The van der Waals surface area contributed by atoms with E-state index in [-0.39, 0.29) is 22.9 Å². The summed E-state index contributed by atoms with van der Waals surface area (Å²) < 4.78 is 58.5. The topological polar surface area (TPSA) is 107 Å². The minimum atomic E-state index is -4.25. The Hall–Kier alpha value is -3.64. The molecule has 0 unspecified atom stereocenters. The number of sulfonamides is 1. The van der Waals surface area contributed by atoms with Gasteiger partial charge in [-0.1, -0.05) is 0 Å². The van der Waals surface area contributed by atoms with Gasteiger partial charge in [0, 0.05) is 6.07 Å². The first-order valence-electron chi connectivity index (χ1n) is 11.0. The zero-order chi connectivity index (χ0) is 26.6. The second-order valence-corrected chi connectivity index (χ2v) is 10.6. The van der Waals surface area contributed by atoms with E-state index in [1.807, 2.05) is 0 Å². The number of hydrogen-bond donors (Lipinski definition) is 1. The van der Waals surface area contributed by atoms with Crippen LogP contribution in [0, 0.1) is 5.82 Å². The average molecular weight is 592 g/mol. The van der Waals surface area contributed by atoms with E-state index >= 15 is 0 Å². The van der Waals surface area contributed by atoms with Gasteiger partial charge in [0.25, 0.3) is 15.9 Å². The van der Waals surface area contributed by atoms with Crippen molar-refractivity contribution in [2.45, 2.75) is 11.8 Å². The smallest absolute Gasteiger partial charge is 0.264 e. The molecule has 3 aromatic rings. The summed E-state index contributed by atoms with van der Waals surface area (Å²) in [7, 11) is -2.71. The molecular weight excluding hydrogens is 569 g/mol. The first kappa shape index (κ1) is 26.4. The van der Waals surface area contributed by atoms with Gasteiger partial charge in [0.2, 0.25) is 0 Å². The highest BCUT2D eigenvalue weighted by Crippen LogP contribution is 2.34. The molecule has 1 N–H and O–H groups in total. The van der Waals surface area contributed by atoms with E-state index in [1.165, 1.54) is 30.3 Å². The largest absolute Gasteiger partial charge is 0.496 e. The van der Waals surface area contributed by atoms with Crippen molar-refractivity contribution in [3.05, 3.63) is 76.5 Å². The monoisotopic (exact) mass is 591 g/mol. The van der Waals surface area contributed by atoms with Crippen LogP contribution in [0.1, 0.15) is 12.5 Å². The Kier molecular flexibility index (Phi) is 7.98. The van der Waals surface area contributed by atoms with Crippen LogP contribution in [0.2, 0.25) is 0 Å². The highest BCUT2D eigenvalue weighted by Gasteiger charge is 2.29. The molecule has 1 aliphatic heterocycles. The summed E-state index contributed by atoms with van der Waals surface area (Å²) in [6, 6.07) is 14.3. The lowest BCUT2D eigenvalue weighted by Crippen LogP contribution is -2.39. The van der Waals surface area contributed by atoms with Crippen molar-refractivity contribution in [3.63, 3.8) is 0 Å². The van der Waals surface area contributed by atoms with Crippen LogP contribution in [0.3, 0.4) is 0 Å². The maximum Gasteiger partial charge on any atom is 0.264 e. The molecule has 0 saturated heterocycles. The fraction of sp³-hybridized carbons (Fsp3) is 0.200. The zero-order valence-corrected chi connectivity index (χ0v) is 22.3. The standard InChI is InChI=1S/C25H23BrFN3O6S/c1-16(17-3-9-22(34-2)21(26)13-17)28-29-25(31)15-30(19-6-4-18(27)5-7-19)37(32,33)20-8-10-23-24(14-20)36-12-11-35-23/h3-10,13-14H,11-12,15H2,1-2H3,(H,29,31)/b28-16-. The normalized spacial score (nSPS) is 13.1. The van der Waals surface area contributed by atoms with E-state index in [0.717, 1.165) is 16.4 Å². The molecule has 3 aromatic carbocycles. The molecule has 12 heteroatoms. The molecule has 0 spiro atoms. The molecule has 0 aliphatic carbocycles. The van der Waals surface area contributed by atoms with Gasteiger partial charge in [-0.25, -0.2) is 18.2 Å². The van der Waals surface area contributed by atoms with Gasteiger partial charge < -0.3 is 14.2 Å². The number of amides is 1. The van der Waals surface area contributed by atoms with Crippen LogP contribution < -0.4 is 23.9 Å². The lowest BCUT2D eigenvalue weighted by atomic mass is 10.1. The number of halogens is 2. The SMILES string of the molecule is COc1ccc(/C(C)=N\NC(=O)CN(c2ccc(F)cc2)S(=O)(=O)c2ccc3c(c2)OCCO3)cc1Br. The van der Waals surface area contributed by atoms with Gasteiger partial charge in [-0.05, 0) is 83.0 Å². The van der Waals surface area contributed by atoms with Crippen molar-refractivity contribution in [2.24, 2.45) is 5.10 Å². The van der Waals surface area contributed by atoms with E-state index in [2.05, 4.69) is 26.5 Å². The number of nitrogens with zero attached hydrogens (tertiary/aromatic N) is 2. The number of carbonyl (C=O) groups excluding carboxylic acids is 1. The number of carbonyl (C=O) groups is 1. The first-order chi connectivity index (χ1) is 17.7. The molecule has 4 rings (SSSR count). The summed E-state index contributed by atoms with van der Waals surface area (Å²) >= 11 is 3.40. The third-order valence-electron chi connectivity index (χ3n) is 5.42. The van der Waals surface area contributed by atoms with Crippen molar-refractivity contribution in [1.82, 2.24) is 5.43 Å². The summed E-state index contributed by atoms with van der Waals surface area (Å²) in [6.45, 7) is 1.72. The van der Waals surface area contributed by atoms with Gasteiger partial charge in [-0.15, -0.1) is 0 Å². The maximum atomic E-state index is 13.6. The molecule has 1 amide bonds. The molecule has 1 heterocycles. The first-order valence-corrected chi connectivity index (χ1v) is 13.3. The van der Waals surface area contributed by atoms with Crippen LogP contribution >= 0.6 is 15.9 Å². The van der Waals surface area contributed by atoms with E-state index < -0.39 is 28.3 Å². The minimum absolute atomic E-state index is 0.103. The lowest BCUT2D eigenvalue weighted by molar-refractivity contribution is -0.119. The van der Waals surface area contributed by atoms with Gasteiger partial charge in [0.15, 0.2) is 11.5 Å². The van der Waals surface area contributed by atoms with E-state index in [0.29, 0.717) is 33.9 Å². The van der Waals surface area contributed by atoms with Crippen molar-refractivity contribution in [1.29, 1.82) is 0 Å². The Morgan fingerprint density at radius 1 is 1.08 bits per heavy atom. The fourth-order valence-corrected chi connectivity index (χ4v) is 5.48. The van der Waals surface area contributed by atoms with Gasteiger partial charge >= 0.3 is 0 Å². The molecular formula is C25H23BrFN3O6S.